The largest absolute Gasteiger partial charge is 0.0654 e. The van der Waals surface area contributed by atoms with Crippen LogP contribution in [0.1, 0.15) is 207 Å². The molecule has 0 aliphatic rings. The lowest BCUT2D eigenvalue weighted by Gasteiger charge is -2.56. The van der Waals surface area contributed by atoms with E-state index in [0.29, 0.717) is 32.5 Å². The van der Waals surface area contributed by atoms with Gasteiger partial charge in [-0.2, -0.15) is 0 Å². The fourth-order valence-corrected chi connectivity index (χ4v) is 8.54. The van der Waals surface area contributed by atoms with Gasteiger partial charge in [-0.15, -0.1) is 0 Å². The first-order chi connectivity index (χ1) is 17.0. The molecule has 0 aromatic carbocycles. The van der Waals surface area contributed by atoms with Crippen molar-refractivity contribution < 1.29 is 0 Å². The van der Waals surface area contributed by atoms with Gasteiger partial charge < -0.3 is 0 Å². The minimum atomic E-state index is 0.441. The minimum absolute atomic E-state index is 0.441. The van der Waals surface area contributed by atoms with E-state index in [9.17, 15) is 0 Å². The first-order valence-corrected chi connectivity index (χ1v) is 17.0. The molecule has 0 rings (SSSR count). The molecule has 0 bridgehead atoms. The summed E-state index contributed by atoms with van der Waals surface area (Å²) in [6, 6.07) is 0. The van der Waals surface area contributed by atoms with E-state index in [4.69, 9.17) is 0 Å². The summed E-state index contributed by atoms with van der Waals surface area (Å²) in [5.74, 6) is 0. The summed E-state index contributed by atoms with van der Waals surface area (Å²) in [6.45, 7) is 39.2. The van der Waals surface area contributed by atoms with E-state index in [1.807, 2.05) is 0 Å². The molecule has 226 valence electrons. The Morgan fingerprint density at radius 1 is 0.324 bits per heavy atom. The lowest BCUT2D eigenvalue weighted by atomic mass is 9.48. The highest BCUT2D eigenvalue weighted by atomic mass is 14.6. The van der Waals surface area contributed by atoms with Gasteiger partial charge in [0.25, 0.3) is 0 Å². The fraction of sp³-hybridized carbons (Fsp3) is 1.00. The molecule has 37 heavy (non-hydrogen) atoms. The summed E-state index contributed by atoms with van der Waals surface area (Å²) in [6.07, 6.45) is 20.1. The van der Waals surface area contributed by atoms with Crippen LogP contribution < -0.4 is 0 Å². The van der Waals surface area contributed by atoms with E-state index >= 15 is 0 Å². The average molecular weight is 523 g/mol. The van der Waals surface area contributed by atoms with Gasteiger partial charge in [0.15, 0.2) is 0 Å². The third-order valence-corrected chi connectivity index (χ3v) is 12.3. The molecular formula is C37H78. The second kappa shape index (κ2) is 17.0. The van der Waals surface area contributed by atoms with Crippen LogP contribution in [0, 0.1) is 32.5 Å². The van der Waals surface area contributed by atoms with Crippen LogP contribution in [0.25, 0.3) is 0 Å². The maximum Gasteiger partial charge on any atom is -0.0221 e. The van der Waals surface area contributed by atoms with E-state index < -0.39 is 0 Å². The predicted molar refractivity (Wildman–Crippen MR) is 175 cm³/mol. The maximum atomic E-state index is 2.59. The van der Waals surface area contributed by atoms with Gasteiger partial charge in [0.2, 0.25) is 0 Å². The molecule has 0 amide bonds. The molecular weight excluding hydrogens is 444 g/mol. The lowest BCUT2D eigenvalue weighted by molar-refractivity contribution is -0.0697. The second-order valence-electron chi connectivity index (χ2n) is 15.1. The zero-order valence-corrected chi connectivity index (χ0v) is 29.6. The molecule has 0 spiro atoms. The fourth-order valence-electron chi connectivity index (χ4n) is 8.54. The third kappa shape index (κ3) is 9.27. The van der Waals surface area contributed by atoms with Crippen LogP contribution in [-0.2, 0) is 0 Å². The van der Waals surface area contributed by atoms with Crippen LogP contribution in [0.15, 0.2) is 0 Å². The summed E-state index contributed by atoms with van der Waals surface area (Å²) in [7, 11) is 0. The van der Waals surface area contributed by atoms with E-state index in [1.54, 1.807) is 0 Å². The molecule has 0 saturated heterocycles. The van der Waals surface area contributed by atoms with Gasteiger partial charge in [0.1, 0.15) is 0 Å². The highest BCUT2D eigenvalue weighted by Gasteiger charge is 2.51. The second-order valence-corrected chi connectivity index (χ2v) is 15.1. The van der Waals surface area contributed by atoms with E-state index in [-0.39, 0.29) is 0 Å². The minimum Gasteiger partial charge on any atom is -0.0654 e. The van der Waals surface area contributed by atoms with Gasteiger partial charge in [-0.3, -0.25) is 0 Å². The molecule has 0 heterocycles. The quantitative estimate of drug-likeness (QED) is 0.158. The Labute approximate surface area is 239 Å². The zero-order valence-electron chi connectivity index (χ0n) is 29.6. The zero-order chi connectivity index (χ0) is 29.6. The van der Waals surface area contributed by atoms with Gasteiger partial charge in [0.05, 0.1) is 0 Å². The van der Waals surface area contributed by atoms with Crippen LogP contribution >= 0.6 is 0 Å². The first kappa shape index (κ1) is 39.1. The Morgan fingerprint density at radius 3 is 0.865 bits per heavy atom. The Bertz CT molecular complexity index is 571. The molecule has 4 atom stereocenters. The summed E-state index contributed by atoms with van der Waals surface area (Å²) in [5, 5.41) is 0. The van der Waals surface area contributed by atoms with Crippen molar-refractivity contribution >= 4 is 0 Å². The number of hydrogen-bond donors (Lipinski definition) is 0. The predicted octanol–water partition coefficient (Wildman–Crippen LogP) is 14.1. The van der Waals surface area contributed by atoms with Crippen molar-refractivity contribution in [1.29, 1.82) is 0 Å². The van der Waals surface area contributed by atoms with Crippen LogP contribution in [0.5, 0.6) is 0 Å². The van der Waals surface area contributed by atoms with Crippen LogP contribution in [0.2, 0.25) is 0 Å². The van der Waals surface area contributed by atoms with E-state index in [1.165, 1.54) is 96.3 Å². The SMILES string of the molecule is CCCC(C)(C)C(C)(CCC)C(C)(CC)CCC.CCCCC(C)(C(C)(C)CCC)C(C)(CC)CCC. The van der Waals surface area contributed by atoms with Crippen LogP contribution in [-0.4, -0.2) is 0 Å². The third-order valence-electron chi connectivity index (χ3n) is 12.3. The Morgan fingerprint density at radius 2 is 0.622 bits per heavy atom. The normalized spacial score (nSPS) is 19.1. The smallest absolute Gasteiger partial charge is 0.0221 e. The van der Waals surface area contributed by atoms with Crippen LogP contribution in [0.4, 0.5) is 0 Å². The number of hydrogen-bond acceptors (Lipinski definition) is 0. The van der Waals surface area contributed by atoms with Gasteiger partial charge in [-0.05, 0) is 71.0 Å². The molecule has 0 aromatic heterocycles. The first-order valence-electron chi connectivity index (χ1n) is 17.0. The van der Waals surface area contributed by atoms with Crippen molar-refractivity contribution in [2.45, 2.75) is 207 Å². The number of unbranched alkanes of at least 4 members (excludes halogenated alkanes) is 1. The Hall–Kier alpha value is 0. The maximum absolute atomic E-state index is 2.59. The molecule has 0 nitrogen and oxygen atoms in total. The monoisotopic (exact) mass is 523 g/mol. The van der Waals surface area contributed by atoms with Crippen molar-refractivity contribution in [3.8, 4) is 0 Å². The van der Waals surface area contributed by atoms with Crippen molar-refractivity contribution in [1.82, 2.24) is 0 Å². The molecule has 0 N–H and O–H groups in total. The molecule has 0 fully saturated rings. The summed E-state index contributed by atoms with van der Waals surface area (Å²) in [5.41, 5.74) is 2.76. The summed E-state index contributed by atoms with van der Waals surface area (Å²) in [4.78, 5) is 0. The molecule has 0 heteroatoms. The van der Waals surface area contributed by atoms with E-state index in [0.717, 1.165) is 0 Å². The van der Waals surface area contributed by atoms with Gasteiger partial charge in [-0.25, -0.2) is 0 Å². The molecule has 0 aromatic rings. The highest BCUT2D eigenvalue weighted by molar-refractivity contribution is 5.01. The highest BCUT2D eigenvalue weighted by Crippen LogP contribution is 2.61. The Kier molecular flexibility index (Phi) is 17.9. The standard InChI is InChI=1S/C19H40.C18H38/c1-9-13-16-19(8,17(5,6)14-10-2)18(7,12-4)15-11-3;1-9-13-16(5,6)18(8,15-11-3)17(7,12-4)14-10-2/h9-16H2,1-8H3;9-15H2,1-8H3. The molecule has 4 unspecified atom stereocenters. The molecule has 0 aliphatic heterocycles. The van der Waals surface area contributed by atoms with Crippen LogP contribution in [0.3, 0.4) is 0 Å². The van der Waals surface area contributed by atoms with Gasteiger partial charge in [-0.1, -0.05) is 169 Å². The molecule has 0 saturated carbocycles. The molecule has 0 radical (unpaired) electrons. The Balaban J connectivity index is 0. The summed E-state index contributed by atoms with van der Waals surface area (Å²) >= 11 is 0. The van der Waals surface area contributed by atoms with Gasteiger partial charge in [0, 0.05) is 0 Å². The van der Waals surface area contributed by atoms with Crippen molar-refractivity contribution in [3.63, 3.8) is 0 Å². The van der Waals surface area contributed by atoms with Crippen molar-refractivity contribution in [3.05, 3.63) is 0 Å². The van der Waals surface area contributed by atoms with E-state index in [2.05, 4.69) is 111 Å². The number of rotatable bonds is 19. The van der Waals surface area contributed by atoms with Crippen molar-refractivity contribution in [2.24, 2.45) is 32.5 Å². The van der Waals surface area contributed by atoms with Gasteiger partial charge >= 0.3 is 0 Å². The van der Waals surface area contributed by atoms with Crippen molar-refractivity contribution in [2.75, 3.05) is 0 Å². The summed E-state index contributed by atoms with van der Waals surface area (Å²) < 4.78 is 0. The average Bonchev–Trinajstić information content (AvgIpc) is 2.82. The topological polar surface area (TPSA) is 0 Å². The molecule has 0 aliphatic carbocycles. The lowest BCUT2D eigenvalue weighted by Crippen LogP contribution is -2.48.